The highest BCUT2D eigenvalue weighted by Gasteiger charge is 2.53. The minimum absolute atomic E-state index is 0.175. The van der Waals surface area contributed by atoms with E-state index in [9.17, 15) is 9.59 Å². The maximum atomic E-state index is 13.3. The molecule has 0 bridgehead atoms. The number of hydrazine groups is 1. The molecule has 1 saturated heterocycles. The number of hydrogen-bond acceptors (Lipinski definition) is 5. The van der Waals surface area contributed by atoms with E-state index in [1.54, 1.807) is 13.8 Å². The largest absolute Gasteiger partial charge is 0.448 e. The van der Waals surface area contributed by atoms with Crippen LogP contribution in [0.2, 0.25) is 0 Å². The van der Waals surface area contributed by atoms with Crippen molar-refractivity contribution in [1.29, 1.82) is 0 Å². The molecule has 0 saturated carbocycles. The van der Waals surface area contributed by atoms with Crippen LogP contribution in [0.15, 0.2) is 91.0 Å². The quantitative estimate of drug-likeness (QED) is 0.501. The molecular weight excluding hydrogens is 418 g/mol. The third kappa shape index (κ3) is 4.35. The predicted molar refractivity (Wildman–Crippen MR) is 125 cm³/mol. The maximum absolute atomic E-state index is 13.3. The highest BCUT2D eigenvalue weighted by Crippen LogP contribution is 2.47. The fraction of sp³-hybridized carbons (Fsp3) is 0.231. The molecule has 3 aromatic rings. The smallest absolute Gasteiger partial charge is 0.431 e. The third-order valence-corrected chi connectivity index (χ3v) is 5.38. The molecule has 0 aromatic heterocycles. The molecule has 0 unspecified atom stereocenters. The van der Waals surface area contributed by atoms with Gasteiger partial charge < -0.3 is 14.4 Å². The number of ether oxygens (including phenoxy) is 2. The SMILES string of the molecule is CCOC(=O)N1[C@@H](c2ccccc2)N(c2ccccc2)[C@H](c2ccccc2)N1C(=O)OCC. The number of anilines is 1. The summed E-state index contributed by atoms with van der Waals surface area (Å²) in [7, 11) is 0. The molecule has 2 amide bonds. The first-order valence-corrected chi connectivity index (χ1v) is 11.0. The summed E-state index contributed by atoms with van der Waals surface area (Å²) in [6.07, 6.45) is -2.53. The number of rotatable bonds is 5. The maximum Gasteiger partial charge on any atom is 0.431 e. The van der Waals surface area contributed by atoms with Crippen molar-refractivity contribution in [2.75, 3.05) is 18.1 Å². The predicted octanol–water partition coefficient (Wildman–Crippen LogP) is 5.74. The van der Waals surface area contributed by atoms with E-state index in [1.165, 1.54) is 10.0 Å². The van der Waals surface area contributed by atoms with E-state index in [1.807, 2.05) is 95.9 Å². The van der Waals surface area contributed by atoms with Gasteiger partial charge in [-0.3, -0.25) is 0 Å². The van der Waals surface area contributed by atoms with Crippen LogP contribution in [0.25, 0.3) is 0 Å². The van der Waals surface area contributed by atoms with Crippen molar-refractivity contribution in [2.24, 2.45) is 0 Å². The van der Waals surface area contributed by atoms with Gasteiger partial charge in [-0.2, -0.15) is 10.0 Å². The lowest BCUT2D eigenvalue weighted by atomic mass is 10.1. The van der Waals surface area contributed by atoms with Crippen LogP contribution in [0.3, 0.4) is 0 Å². The van der Waals surface area contributed by atoms with Crippen molar-refractivity contribution in [1.82, 2.24) is 10.0 Å². The van der Waals surface area contributed by atoms with Gasteiger partial charge in [0.2, 0.25) is 0 Å². The fourth-order valence-electron chi connectivity index (χ4n) is 4.10. The Labute approximate surface area is 193 Å². The standard InChI is InChI=1S/C26H27N3O4/c1-3-32-25(30)28-23(20-14-8-5-9-15-20)27(22-18-12-7-13-19-22)24(21-16-10-6-11-17-21)29(28)26(31)33-4-2/h5-19,23-24H,3-4H2,1-2H3/t23-,24-/m0/s1. The van der Waals surface area contributed by atoms with Crippen LogP contribution in [0, 0.1) is 0 Å². The molecule has 1 heterocycles. The van der Waals surface area contributed by atoms with Gasteiger partial charge >= 0.3 is 12.2 Å². The molecule has 33 heavy (non-hydrogen) atoms. The first-order valence-electron chi connectivity index (χ1n) is 11.0. The molecule has 1 aliphatic heterocycles. The molecule has 170 valence electrons. The second-order valence-electron chi connectivity index (χ2n) is 7.40. The Bertz CT molecular complexity index is 995. The van der Waals surface area contributed by atoms with E-state index in [4.69, 9.17) is 9.47 Å². The molecule has 0 aliphatic carbocycles. The summed E-state index contributed by atoms with van der Waals surface area (Å²) < 4.78 is 10.8. The molecule has 1 aliphatic rings. The van der Waals surface area contributed by atoms with Crippen molar-refractivity contribution in [3.63, 3.8) is 0 Å². The normalized spacial score (nSPS) is 17.7. The van der Waals surface area contributed by atoms with Gasteiger partial charge in [-0.05, 0) is 37.1 Å². The Morgan fingerprint density at radius 3 is 1.36 bits per heavy atom. The molecule has 3 aromatic carbocycles. The van der Waals surface area contributed by atoms with Crippen molar-refractivity contribution >= 4 is 17.9 Å². The summed E-state index contributed by atoms with van der Waals surface area (Å²) in [5, 5.41) is 2.73. The first-order chi connectivity index (χ1) is 16.2. The van der Waals surface area contributed by atoms with E-state index in [2.05, 4.69) is 0 Å². The van der Waals surface area contributed by atoms with Crippen LogP contribution in [-0.2, 0) is 9.47 Å². The third-order valence-electron chi connectivity index (χ3n) is 5.38. The number of carbonyl (C=O) groups excluding carboxylic acids is 2. The average Bonchev–Trinajstić information content (AvgIpc) is 3.22. The van der Waals surface area contributed by atoms with Gasteiger partial charge in [0.25, 0.3) is 0 Å². The lowest BCUT2D eigenvalue weighted by Gasteiger charge is -2.31. The minimum atomic E-state index is -0.637. The van der Waals surface area contributed by atoms with Gasteiger partial charge in [-0.15, -0.1) is 0 Å². The molecule has 7 heteroatoms. The molecule has 0 spiro atoms. The van der Waals surface area contributed by atoms with Crippen LogP contribution in [0.5, 0.6) is 0 Å². The number of amides is 2. The molecule has 7 nitrogen and oxygen atoms in total. The number of para-hydroxylation sites is 1. The summed E-state index contributed by atoms with van der Waals surface area (Å²) in [6.45, 7) is 3.83. The van der Waals surface area contributed by atoms with Gasteiger partial charge in [0.1, 0.15) is 0 Å². The van der Waals surface area contributed by atoms with Crippen molar-refractivity contribution in [2.45, 2.75) is 26.2 Å². The Hall–Kier alpha value is -4.00. The van der Waals surface area contributed by atoms with Crippen LogP contribution in [0.4, 0.5) is 15.3 Å². The van der Waals surface area contributed by atoms with Crippen molar-refractivity contribution in [3.8, 4) is 0 Å². The molecule has 1 fully saturated rings. The van der Waals surface area contributed by atoms with E-state index in [0.29, 0.717) is 0 Å². The second-order valence-corrected chi connectivity index (χ2v) is 7.40. The van der Waals surface area contributed by atoms with Crippen LogP contribution in [0.1, 0.15) is 37.3 Å². The van der Waals surface area contributed by atoms with Gasteiger partial charge in [0.15, 0.2) is 12.3 Å². The Balaban J connectivity index is 1.97. The van der Waals surface area contributed by atoms with Crippen LogP contribution in [-0.4, -0.2) is 35.4 Å². The average molecular weight is 446 g/mol. The van der Waals surface area contributed by atoms with Gasteiger partial charge in [0.05, 0.1) is 13.2 Å². The zero-order valence-electron chi connectivity index (χ0n) is 18.7. The highest BCUT2D eigenvalue weighted by atomic mass is 16.6. The van der Waals surface area contributed by atoms with Crippen molar-refractivity contribution in [3.05, 3.63) is 102 Å². The second kappa shape index (κ2) is 10.1. The minimum Gasteiger partial charge on any atom is -0.448 e. The fourth-order valence-corrected chi connectivity index (χ4v) is 4.10. The summed E-state index contributed by atoms with van der Waals surface area (Å²) in [6, 6.07) is 28.9. The number of carbonyl (C=O) groups is 2. The van der Waals surface area contributed by atoms with Crippen LogP contribution < -0.4 is 4.90 Å². The van der Waals surface area contributed by atoms with Gasteiger partial charge in [-0.25, -0.2) is 9.59 Å². The van der Waals surface area contributed by atoms with E-state index < -0.39 is 24.5 Å². The topological polar surface area (TPSA) is 62.3 Å². The van der Waals surface area contributed by atoms with Gasteiger partial charge in [-0.1, -0.05) is 78.9 Å². The lowest BCUT2D eigenvalue weighted by Crippen LogP contribution is -2.47. The number of hydrogen-bond donors (Lipinski definition) is 0. The molecule has 4 rings (SSSR count). The van der Waals surface area contributed by atoms with Crippen LogP contribution >= 0.6 is 0 Å². The molecule has 2 atom stereocenters. The lowest BCUT2D eigenvalue weighted by molar-refractivity contribution is -0.0218. The molecule has 0 N–H and O–H groups in total. The molecule has 0 radical (unpaired) electrons. The van der Waals surface area contributed by atoms with Gasteiger partial charge in [0, 0.05) is 5.69 Å². The number of benzene rings is 3. The zero-order valence-corrected chi connectivity index (χ0v) is 18.7. The summed E-state index contributed by atoms with van der Waals surface area (Å²) in [5.41, 5.74) is 2.52. The van der Waals surface area contributed by atoms with Crippen molar-refractivity contribution < 1.29 is 19.1 Å². The Morgan fingerprint density at radius 1 is 0.636 bits per heavy atom. The summed E-state index contributed by atoms with van der Waals surface area (Å²) in [5.74, 6) is 0. The van der Waals surface area contributed by atoms with E-state index in [0.717, 1.165) is 16.8 Å². The Kier molecular flexibility index (Phi) is 6.78. The summed E-state index contributed by atoms with van der Waals surface area (Å²) in [4.78, 5) is 28.7. The first kappa shape index (κ1) is 22.2. The number of nitrogens with zero attached hydrogens (tertiary/aromatic N) is 3. The Morgan fingerprint density at radius 2 is 1.00 bits per heavy atom. The monoisotopic (exact) mass is 445 g/mol. The zero-order chi connectivity index (χ0) is 23.2. The van der Waals surface area contributed by atoms with E-state index >= 15 is 0 Å². The highest BCUT2D eigenvalue weighted by molar-refractivity contribution is 5.78. The van der Waals surface area contributed by atoms with E-state index in [-0.39, 0.29) is 13.2 Å². The molecular formula is C26H27N3O4. The summed E-state index contributed by atoms with van der Waals surface area (Å²) >= 11 is 0.